The Morgan fingerprint density at radius 3 is 2.33 bits per heavy atom. The van der Waals surface area contributed by atoms with Gasteiger partial charge in [-0.25, -0.2) is 8.42 Å². The summed E-state index contributed by atoms with van der Waals surface area (Å²) in [6.45, 7) is -0.523. The van der Waals surface area contributed by atoms with Crippen molar-refractivity contribution in [2.45, 2.75) is 4.90 Å². The van der Waals surface area contributed by atoms with Crippen LogP contribution in [0.4, 0.5) is 0 Å². The third-order valence-electron chi connectivity index (χ3n) is 3.49. The molecule has 2 aromatic rings. The highest BCUT2D eigenvalue weighted by Gasteiger charge is 2.23. The average molecular weight is 407 g/mol. The van der Waals surface area contributed by atoms with Crippen molar-refractivity contribution in [3.05, 3.63) is 64.7 Å². The summed E-state index contributed by atoms with van der Waals surface area (Å²) in [6.07, 6.45) is 0. The van der Waals surface area contributed by atoms with Crippen molar-refractivity contribution in [2.24, 2.45) is 0 Å². The minimum atomic E-state index is -3.93. The molecule has 0 heterocycles. The van der Waals surface area contributed by atoms with Gasteiger partial charge in [0.05, 0.1) is 33.7 Å². The number of rotatable bonds is 5. The number of nitrogens with one attached hydrogen (secondary N) is 2. The monoisotopic (exact) mass is 406 g/mol. The second-order valence-corrected chi connectivity index (χ2v) is 7.83. The largest absolute Gasteiger partial charge is 0.272 e. The first-order valence-electron chi connectivity index (χ1n) is 7.56. The van der Waals surface area contributed by atoms with Crippen LogP contribution < -0.4 is 10.9 Å². The van der Waals surface area contributed by atoms with Crippen molar-refractivity contribution in [3.63, 3.8) is 0 Å². The minimum Gasteiger partial charge on any atom is -0.272 e. The van der Waals surface area contributed by atoms with Crippen LogP contribution in [-0.2, 0) is 14.8 Å². The fraction of sp³-hybridized carbons (Fsp3) is 0.118. The predicted octanol–water partition coefficient (Wildman–Crippen LogP) is 1.29. The number of likely N-dealkylation sites (N-methyl/N-ethyl adjacent to an activating group) is 1. The molecule has 0 aromatic heterocycles. The summed E-state index contributed by atoms with van der Waals surface area (Å²) in [7, 11) is -2.70. The predicted molar refractivity (Wildman–Crippen MR) is 98.0 cm³/mol. The Morgan fingerprint density at radius 1 is 1.11 bits per heavy atom. The second kappa shape index (κ2) is 8.64. The molecule has 8 nitrogen and oxygen atoms in total. The molecule has 140 valence electrons. The number of nitriles is 1. The summed E-state index contributed by atoms with van der Waals surface area (Å²) in [5, 5.41) is 8.97. The van der Waals surface area contributed by atoms with Gasteiger partial charge in [-0.05, 0) is 36.4 Å². The fourth-order valence-electron chi connectivity index (χ4n) is 2.05. The zero-order chi connectivity index (χ0) is 20.0. The molecule has 0 aliphatic heterocycles. The number of carbonyl (C=O) groups excluding carboxylic acids is 2. The molecular weight excluding hydrogens is 392 g/mol. The van der Waals surface area contributed by atoms with Crippen molar-refractivity contribution >= 4 is 33.4 Å². The summed E-state index contributed by atoms with van der Waals surface area (Å²) in [6, 6.07) is 13.4. The zero-order valence-corrected chi connectivity index (χ0v) is 15.7. The molecule has 0 spiro atoms. The van der Waals surface area contributed by atoms with Crippen LogP contribution in [0.1, 0.15) is 15.9 Å². The van der Waals surface area contributed by atoms with Crippen molar-refractivity contribution < 1.29 is 18.0 Å². The Bertz CT molecular complexity index is 1000. The lowest BCUT2D eigenvalue weighted by atomic mass is 10.2. The summed E-state index contributed by atoms with van der Waals surface area (Å²) in [4.78, 5) is 23.9. The summed E-state index contributed by atoms with van der Waals surface area (Å²) < 4.78 is 25.7. The number of sulfonamides is 1. The molecule has 0 saturated heterocycles. The number of halogens is 1. The smallest absolute Gasteiger partial charge is 0.271 e. The highest BCUT2D eigenvalue weighted by atomic mass is 35.5. The van der Waals surface area contributed by atoms with E-state index in [1.165, 1.54) is 43.4 Å². The van der Waals surface area contributed by atoms with E-state index in [0.717, 1.165) is 4.31 Å². The standard InChI is InChI=1S/C17H15ClN4O4S/c1-22(27(25,26)13-8-6-12(10-19)7-9-13)11-16(23)20-21-17(24)14-4-2-3-5-15(14)18/h2-9H,11H2,1H3,(H,20,23)(H,21,24). The highest BCUT2D eigenvalue weighted by Crippen LogP contribution is 2.15. The van der Waals surface area contributed by atoms with E-state index in [0.29, 0.717) is 5.56 Å². The quantitative estimate of drug-likeness (QED) is 0.725. The number of hydrogen-bond donors (Lipinski definition) is 2. The SMILES string of the molecule is CN(CC(=O)NNC(=O)c1ccccc1Cl)S(=O)(=O)c1ccc(C#N)cc1. The summed E-state index contributed by atoms with van der Waals surface area (Å²) in [5.41, 5.74) is 4.79. The van der Waals surface area contributed by atoms with Gasteiger partial charge in [0.25, 0.3) is 11.8 Å². The van der Waals surface area contributed by atoms with Crippen molar-refractivity contribution in [2.75, 3.05) is 13.6 Å². The van der Waals surface area contributed by atoms with Crippen LogP contribution in [0.15, 0.2) is 53.4 Å². The maximum absolute atomic E-state index is 12.4. The molecule has 27 heavy (non-hydrogen) atoms. The lowest BCUT2D eigenvalue weighted by Gasteiger charge is -2.17. The first kappa shape index (κ1) is 20.4. The lowest BCUT2D eigenvalue weighted by Crippen LogP contribution is -2.46. The van der Waals surface area contributed by atoms with E-state index in [1.54, 1.807) is 12.1 Å². The van der Waals surface area contributed by atoms with Crippen molar-refractivity contribution in [3.8, 4) is 6.07 Å². The molecule has 0 fully saturated rings. The normalized spacial score (nSPS) is 10.9. The third kappa shape index (κ3) is 5.04. The van der Waals surface area contributed by atoms with E-state index in [-0.39, 0.29) is 15.5 Å². The number of hydrazine groups is 1. The van der Waals surface area contributed by atoms with Gasteiger partial charge in [-0.15, -0.1) is 0 Å². The maximum atomic E-state index is 12.4. The molecule has 0 atom stereocenters. The molecular formula is C17H15ClN4O4S. The van der Waals surface area contributed by atoms with Crippen LogP contribution in [0, 0.1) is 11.3 Å². The Morgan fingerprint density at radius 2 is 1.74 bits per heavy atom. The fourth-order valence-corrected chi connectivity index (χ4v) is 3.40. The molecule has 2 aromatic carbocycles. The molecule has 0 radical (unpaired) electrons. The van der Waals surface area contributed by atoms with Crippen LogP contribution in [-0.4, -0.2) is 38.1 Å². The van der Waals surface area contributed by atoms with E-state index < -0.39 is 28.4 Å². The van der Waals surface area contributed by atoms with Crippen molar-refractivity contribution in [1.29, 1.82) is 5.26 Å². The third-order valence-corrected chi connectivity index (χ3v) is 5.64. The van der Waals surface area contributed by atoms with Crippen LogP contribution in [0.5, 0.6) is 0 Å². The zero-order valence-electron chi connectivity index (χ0n) is 14.1. The molecule has 10 heteroatoms. The van der Waals surface area contributed by atoms with Crippen LogP contribution >= 0.6 is 11.6 Å². The molecule has 0 bridgehead atoms. The van der Waals surface area contributed by atoms with Crippen LogP contribution in [0.3, 0.4) is 0 Å². The Hall–Kier alpha value is -2.93. The van der Waals surface area contributed by atoms with E-state index in [1.807, 2.05) is 6.07 Å². The van der Waals surface area contributed by atoms with E-state index in [4.69, 9.17) is 16.9 Å². The maximum Gasteiger partial charge on any atom is 0.271 e. The van der Waals surface area contributed by atoms with Gasteiger partial charge >= 0.3 is 0 Å². The van der Waals surface area contributed by atoms with Crippen LogP contribution in [0.25, 0.3) is 0 Å². The number of benzene rings is 2. The van der Waals surface area contributed by atoms with Crippen molar-refractivity contribution in [1.82, 2.24) is 15.2 Å². The number of amides is 2. The molecule has 0 aliphatic carbocycles. The van der Waals surface area contributed by atoms with Gasteiger partial charge in [0, 0.05) is 7.05 Å². The Labute approximate surface area is 161 Å². The van der Waals surface area contributed by atoms with Gasteiger partial charge in [-0.1, -0.05) is 23.7 Å². The van der Waals surface area contributed by atoms with Gasteiger partial charge in [0.15, 0.2) is 0 Å². The first-order chi connectivity index (χ1) is 12.8. The number of hydrogen-bond acceptors (Lipinski definition) is 5. The molecule has 0 unspecified atom stereocenters. The number of carbonyl (C=O) groups is 2. The molecule has 2 N–H and O–H groups in total. The van der Waals surface area contributed by atoms with E-state index >= 15 is 0 Å². The van der Waals surface area contributed by atoms with Gasteiger partial charge in [-0.3, -0.25) is 20.4 Å². The van der Waals surface area contributed by atoms with E-state index in [9.17, 15) is 18.0 Å². The summed E-state index contributed by atoms with van der Waals surface area (Å²) in [5.74, 6) is -1.37. The van der Waals surface area contributed by atoms with Gasteiger partial charge in [0.2, 0.25) is 10.0 Å². The van der Waals surface area contributed by atoms with E-state index in [2.05, 4.69) is 10.9 Å². The van der Waals surface area contributed by atoms with Gasteiger partial charge < -0.3 is 0 Å². The Balaban J connectivity index is 1.97. The summed E-state index contributed by atoms with van der Waals surface area (Å²) >= 11 is 5.89. The molecule has 0 saturated carbocycles. The topological polar surface area (TPSA) is 119 Å². The van der Waals surface area contributed by atoms with Gasteiger partial charge in [0.1, 0.15) is 0 Å². The molecule has 0 aliphatic rings. The van der Waals surface area contributed by atoms with Gasteiger partial charge in [-0.2, -0.15) is 9.57 Å². The molecule has 2 rings (SSSR count). The average Bonchev–Trinajstić information content (AvgIpc) is 2.66. The number of nitrogens with zero attached hydrogens (tertiary/aromatic N) is 2. The second-order valence-electron chi connectivity index (χ2n) is 5.38. The lowest BCUT2D eigenvalue weighted by molar-refractivity contribution is -0.121. The molecule has 2 amide bonds. The highest BCUT2D eigenvalue weighted by molar-refractivity contribution is 7.89. The minimum absolute atomic E-state index is 0.0584. The Kier molecular flexibility index (Phi) is 6.52. The van der Waals surface area contributed by atoms with Crippen LogP contribution in [0.2, 0.25) is 5.02 Å². The first-order valence-corrected chi connectivity index (χ1v) is 9.37.